The number of nitrogens with zero attached hydrogens (tertiary/aromatic N) is 1. The van der Waals surface area contributed by atoms with Crippen LogP contribution in [0.3, 0.4) is 0 Å². The standard InChI is InChI=1S/C14H15N3O3/c1-3-20-14(19)12-8-11(16-17-12)9-6-4-5-7-10(15-2)13(9)18/h4-8H,3H2,1-2H3,(H,15,18)(H,16,17). The highest BCUT2D eigenvalue weighted by atomic mass is 16.5. The number of rotatable bonds is 4. The van der Waals surface area contributed by atoms with Crippen LogP contribution in [-0.4, -0.2) is 29.8 Å². The zero-order valence-corrected chi connectivity index (χ0v) is 11.3. The first-order valence-corrected chi connectivity index (χ1v) is 6.21. The summed E-state index contributed by atoms with van der Waals surface area (Å²) in [6.45, 7) is 2.01. The topological polar surface area (TPSA) is 84.1 Å². The molecule has 0 aliphatic rings. The van der Waals surface area contributed by atoms with Crippen LogP contribution in [0.1, 0.15) is 17.4 Å². The van der Waals surface area contributed by atoms with E-state index < -0.39 is 5.97 Å². The van der Waals surface area contributed by atoms with Gasteiger partial charge in [0.15, 0.2) is 0 Å². The number of anilines is 1. The van der Waals surface area contributed by atoms with Crippen LogP contribution >= 0.6 is 0 Å². The molecule has 1 aromatic carbocycles. The molecule has 0 fully saturated rings. The monoisotopic (exact) mass is 273 g/mol. The van der Waals surface area contributed by atoms with Crippen LogP contribution < -0.4 is 10.7 Å². The molecule has 0 saturated carbocycles. The number of H-pyrrole nitrogens is 1. The average Bonchev–Trinajstić information content (AvgIpc) is 2.85. The molecule has 0 saturated heterocycles. The summed E-state index contributed by atoms with van der Waals surface area (Å²) in [6.07, 6.45) is 0. The van der Waals surface area contributed by atoms with Gasteiger partial charge in [-0.05, 0) is 25.1 Å². The van der Waals surface area contributed by atoms with Gasteiger partial charge in [0.2, 0.25) is 5.43 Å². The molecule has 104 valence electrons. The Kier molecular flexibility index (Phi) is 4.14. The van der Waals surface area contributed by atoms with E-state index in [0.717, 1.165) is 0 Å². The Morgan fingerprint density at radius 2 is 2.15 bits per heavy atom. The van der Waals surface area contributed by atoms with E-state index in [1.54, 1.807) is 38.2 Å². The maximum Gasteiger partial charge on any atom is 0.356 e. The van der Waals surface area contributed by atoms with Crippen LogP contribution in [0.4, 0.5) is 5.69 Å². The summed E-state index contributed by atoms with van der Waals surface area (Å²) < 4.78 is 4.87. The SMILES string of the molecule is CCOC(=O)c1cc(-c2ccccc(NC)c2=O)n[nH]1. The lowest BCUT2D eigenvalue weighted by Gasteiger charge is -1.96. The van der Waals surface area contributed by atoms with Gasteiger partial charge in [0.1, 0.15) is 5.69 Å². The number of hydrogen-bond acceptors (Lipinski definition) is 5. The van der Waals surface area contributed by atoms with E-state index >= 15 is 0 Å². The number of carbonyl (C=O) groups is 1. The summed E-state index contributed by atoms with van der Waals surface area (Å²) in [4.78, 5) is 23.8. The third-order valence-electron chi connectivity index (χ3n) is 2.74. The van der Waals surface area contributed by atoms with E-state index in [-0.39, 0.29) is 17.7 Å². The second kappa shape index (κ2) is 6.01. The van der Waals surface area contributed by atoms with E-state index in [1.807, 2.05) is 0 Å². The summed E-state index contributed by atoms with van der Waals surface area (Å²) in [7, 11) is 1.68. The second-order valence-corrected chi connectivity index (χ2v) is 4.01. The molecule has 6 heteroatoms. The van der Waals surface area contributed by atoms with Gasteiger partial charge < -0.3 is 10.1 Å². The minimum absolute atomic E-state index is 0.181. The van der Waals surface area contributed by atoms with E-state index in [9.17, 15) is 9.59 Å². The van der Waals surface area contributed by atoms with Crippen molar-refractivity contribution in [2.45, 2.75) is 6.92 Å². The van der Waals surface area contributed by atoms with Crippen molar-refractivity contribution in [1.29, 1.82) is 0 Å². The van der Waals surface area contributed by atoms with Crippen LogP contribution in [0.25, 0.3) is 11.3 Å². The first kappa shape index (κ1) is 13.8. The quantitative estimate of drug-likeness (QED) is 0.827. The highest BCUT2D eigenvalue weighted by Crippen LogP contribution is 2.15. The molecule has 20 heavy (non-hydrogen) atoms. The highest BCUT2D eigenvalue weighted by molar-refractivity contribution is 5.88. The predicted octanol–water partition coefficient (Wildman–Crippen LogP) is 1.66. The van der Waals surface area contributed by atoms with Crippen LogP contribution in [-0.2, 0) is 4.74 Å². The fourth-order valence-electron chi connectivity index (χ4n) is 1.77. The minimum Gasteiger partial charge on any atom is -0.461 e. The van der Waals surface area contributed by atoms with Gasteiger partial charge in [-0.1, -0.05) is 12.1 Å². The third kappa shape index (κ3) is 2.69. The summed E-state index contributed by atoms with van der Waals surface area (Å²) in [5.41, 5.74) is 1.32. The molecule has 6 nitrogen and oxygen atoms in total. The lowest BCUT2D eigenvalue weighted by atomic mass is 10.2. The van der Waals surface area contributed by atoms with Gasteiger partial charge in [0.25, 0.3) is 0 Å². The summed E-state index contributed by atoms with van der Waals surface area (Å²) in [6, 6.07) is 8.36. The maximum atomic E-state index is 12.3. The predicted molar refractivity (Wildman–Crippen MR) is 75.8 cm³/mol. The Balaban J connectivity index is 2.46. The van der Waals surface area contributed by atoms with Crippen molar-refractivity contribution in [3.8, 4) is 11.3 Å². The molecule has 2 rings (SSSR count). The van der Waals surface area contributed by atoms with Gasteiger partial charge in [0, 0.05) is 7.05 Å². The number of nitrogens with one attached hydrogen (secondary N) is 2. The first-order valence-electron chi connectivity index (χ1n) is 6.21. The largest absolute Gasteiger partial charge is 0.461 e. The van der Waals surface area contributed by atoms with Crippen molar-refractivity contribution in [2.24, 2.45) is 0 Å². The molecule has 2 N–H and O–H groups in total. The molecule has 0 aliphatic heterocycles. The van der Waals surface area contributed by atoms with Crippen LogP contribution in [0.5, 0.6) is 0 Å². The number of carbonyl (C=O) groups excluding carboxylic acids is 1. The maximum absolute atomic E-state index is 12.3. The molecular formula is C14H15N3O3. The highest BCUT2D eigenvalue weighted by Gasteiger charge is 2.13. The molecule has 1 heterocycles. The molecule has 0 spiro atoms. The Labute approximate surface area is 115 Å². The fraction of sp³-hybridized carbons (Fsp3) is 0.214. The lowest BCUT2D eigenvalue weighted by molar-refractivity contribution is 0.0519. The zero-order chi connectivity index (χ0) is 14.5. The van der Waals surface area contributed by atoms with Crippen LogP contribution in [0.2, 0.25) is 0 Å². The molecule has 0 aliphatic carbocycles. The van der Waals surface area contributed by atoms with Crippen molar-refractivity contribution >= 4 is 11.7 Å². The van der Waals surface area contributed by atoms with E-state index in [2.05, 4.69) is 15.5 Å². The van der Waals surface area contributed by atoms with E-state index in [1.165, 1.54) is 6.07 Å². The first-order chi connectivity index (χ1) is 9.67. The molecule has 0 atom stereocenters. The third-order valence-corrected chi connectivity index (χ3v) is 2.74. The number of hydrogen-bond donors (Lipinski definition) is 2. The van der Waals surface area contributed by atoms with Gasteiger partial charge in [0.05, 0.1) is 23.6 Å². The smallest absolute Gasteiger partial charge is 0.356 e. The molecule has 0 radical (unpaired) electrons. The number of aromatic nitrogens is 2. The zero-order valence-electron chi connectivity index (χ0n) is 11.3. The fourth-order valence-corrected chi connectivity index (χ4v) is 1.77. The molecule has 0 unspecified atom stereocenters. The van der Waals surface area contributed by atoms with E-state index in [4.69, 9.17) is 4.74 Å². The number of esters is 1. The molecule has 2 aromatic rings. The second-order valence-electron chi connectivity index (χ2n) is 4.01. The Morgan fingerprint density at radius 3 is 2.85 bits per heavy atom. The molecule has 1 aromatic heterocycles. The van der Waals surface area contributed by atoms with Crippen molar-refractivity contribution in [3.05, 3.63) is 46.2 Å². The average molecular weight is 273 g/mol. The minimum atomic E-state index is -0.493. The van der Waals surface area contributed by atoms with Crippen molar-refractivity contribution < 1.29 is 9.53 Å². The van der Waals surface area contributed by atoms with Gasteiger partial charge >= 0.3 is 5.97 Å². The van der Waals surface area contributed by atoms with E-state index in [0.29, 0.717) is 16.9 Å². The molecular weight excluding hydrogens is 258 g/mol. The van der Waals surface area contributed by atoms with Gasteiger partial charge in [-0.15, -0.1) is 0 Å². The summed E-state index contributed by atoms with van der Waals surface area (Å²) >= 11 is 0. The summed E-state index contributed by atoms with van der Waals surface area (Å²) in [5, 5.41) is 9.41. The van der Waals surface area contributed by atoms with Crippen molar-refractivity contribution in [3.63, 3.8) is 0 Å². The van der Waals surface area contributed by atoms with Crippen molar-refractivity contribution in [2.75, 3.05) is 19.0 Å². The number of aromatic amines is 1. The normalized spacial score (nSPS) is 10.1. The number of ether oxygens (including phenoxy) is 1. The Hall–Kier alpha value is -2.63. The van der Waals surface area contributed by atoms with Crippen LogP contribution in [0, 0.1) is 0 Å². The molecule has 0 bridgehead atoms. The lowest BCUT2D eigenvalue weighted by Crippen LogP contribution is -2.07. The summed E-state index contributed by atoms with van der Waals surface area (Å²) in [5.74, 6) is -0.493. The Bertz CT molecular complexity index is 679. The van der Waals surface area contributed by atoms with Gasteiger partial charge in [-0.2, -0.15) is 5.10 Å². The van der Waals surface area contributed by atoms with Crippen LogP contribution in [0.15, 0.2) is 35.1 Å². The van der Waals surface area contributed by atoms with Crippen molar-refractivity contribution in [1.82, 2.24) is 10.2 Å². The Morgan fingerprint density at radius 1 is 1.40 bits per heavy atom. The van der Waals surface area contributed by atoms with Gasteiger partial charge in [-0.3, -0.25) is 9.89 Å². The molecule has 0 amide bonds. The van der Waals surface area contributed by atoms with Gasteiger partial charge in [-0.25, -0.2) is 4.79 Å².